The van der Waals surface area contributed by atoms with E-state index in [0.29, 0.717) is 6.61 Å². The fourth-order valence-electron chi connectivity index (χ4n) is 0.422. The van der Waals surface area contributed by atoms with Crippen molar-refractivity contribution in [2.24, 2.45) is 0 Å². The highest BCUT2D eigenvalue weighted by Crippen LogP contribution is 1.77. The second-order valence-electron chi connectivity index (χ2n) is 1.57. The van der Waals surface area contributed by atoms with Gasteiger partial charge in [-0.2, -0.15) is 4.89 Å². The molecule has 0 aliphatic carbocycles. The average molecular weight is 130 g/mol. The molecule has 9 heavy (non-hydrogen) atoms. The Balaban J connectivity index is 2.69. The SMILES string of the molecule is C#COOCCC[NH2+]C. The van der Waals surface area contributed by atoms with E-state index in [1.54, 1.807) is 0 Å². The summed E-state index contributed by atoms with van der Waals surface area (Å²) in [6, 6.07) is 0. The summed E-state index contributed by atoms with van der Waals surface area (Å²) in [4.78, 5) is 8.72. The van der Waals surface area contributed by atoms with Crippen LogP contribution >= 0.6 is 0 Å². The molecule has 0 rings (SSSR count). The normalized spacial score (nSPS) is 8.44. The maximum absolute atomic E-state index is 4.74. The predicted molar refractivity (Wildman–Crippen MR) is 33.2 cm³/mol. The van der Waals surface area contributed by atoms with E-state index in [2.05, 4.69) is 15.1 Å². The van der Waals surface area contributed by atoms with Gasteiger partial charge < -0.3 is 5.32 Å². The maximum atomic E-state index is 4.74. The first-order chi connectivity index (χ1) is 4.41. The van der Waals surface area contributed by atoms with E-state index in [1.807, 2.05) is 13.2 Å². The van der Waals surface area contributed by atoms with Crippen molar-refractivity contribution in [3.8, 4) is 12.5 Å². The Morgan fingerprint density at radius 1 is 1.67 bits per heavy atom. The Bertz CT molecular complexity index is 87.5. The molecule has 0 heterocycles. The van der Waals surface area contributed by atoms with Crippen LogP contribution in [0.3, 0.4) is 0 Å². The van der Waals surface area contributed by atoms with Crippen molar-refractivity contribution in [2.45, 2.75) is 6.42 Å². The molecule has 3 heteroatoms. The number of hydrogen-bond acceptors (Lipinski definition) is 2. The summed E-state index contributed by atoms with van der Waals surface area (Å²) in [6.45, 7) is 1.60. The van der Waals surface area contributed by atoms with Gasteiger partial charge in [0.2, 0.25) is 0 Å². The summed E-state index contributed by atoms with van der Waals surface area (Å²) in [7, 11) is 2.00. The molecule has 0 saturated carbocycles. The van der Waals surface area contributed by atoms with Gasteiger partial charge in [0.05, 0.1) is 13.6 Å². The number of terminal acetylenes is 1. The van der Waals surface area contributed by atoms with Gasteiger partial charge in [-0.15, -0.1) is 0 Å². The third-order valence-electron chi connectivity index (χ3n) is 0.828. The minimum absolute atomic E-state index is 0.564. The number of rotatable bonds is 5. The van der Waals surface area contributed by atoms with Crippen LogP contribution in [0.2, 0.25) is 0 Å². The molecule has 0 aliphatic heterocycles. The molecule has 0 aromatic rings. The maximum Gasteiger partial charge on any atom is 0.153 e. The summed E-state index contributed by atoms with van der Waals surface area (Å²) < 4.78 is 0. The first-order valence-electron chi connectivity index (χ1n) is 2.93. The molecule has 0 radical (unpaired) electrons. The highest BCUT2D eigenvalue weighted by atomic mass is 17.2. The Morgan fingerprint density at radius 2 is 2.44 bits per heavy atom. The fourth-order valence-corrected chi connectivity index (χ4v) is 0.422. The van der Waals surface area contributed by atoms with Crippen molar-refractivity contribution in [1.82, 2.24) is 0 Å². The Hall–Kier alpha value is -0.720. The fraction of sp³-hybridized carbons (Fsp3) is 0.667. The topological polar surface area (TPSA) is 35.1 Å². The summed E-state index contributed by atoms with van der Waals surface area (Å²) in [6.07, 6.45) is 7.61. The molecule has 0 aromatic carbocycles. The molecular formula is C6H12NO2+. The third-order valence-corrected chi connectivity index (χ3v) is 0.828. The van der Waals surface area contributed by atoms with Crippen LogP contribution in [-0.2, 0) is 9.78 Å². The van der Waals surface area contributed by atoms with E-state index < -0.39 is 0 Å². The van der Waals surface area contributed by atoms with Crippen LogP contribution in [0.25, 0.3) is 0 Å². The summed E-state index contributed by atoms with van der Waals surface area (Å²) >= 11 is 0. The van der Waals surface area contributed by atoms with Gasteiger partial charge in [-0.3, -0.25) is 4.89 Å². The molecule has 0 unspecified atom stereocenters. The van der Waals surface area contributed by atoms with Gasteiger partial charge in [-0.25, -0.2) is 0 Å². The van der Waals surface area contributed by atoms with Gasteiger partial charge in [0.25, 0.3) is 0 Å². The Labute approximate surface area is 55.3 Å². The third kappa shape index (κ3) is 7.28. The van der Waals surface area contributed by atoms with Gasteiger partial charge >= 0.3 is 0 Å². The minimum Gasteiger partial charge on any atom is -0.349 e. The van der Waals surface area contributed by atoms with E-state index in [0.717, 1.165) is 13.0 Å². The lowest BCUT2D eigenvalue weighted by molar-refractivity contribution is -0.627. The highest BCUT2D eigenvalue weighted by Gasteiger charge is 1.86. The monoisotopic (exact) mass is 130 g/mol. The molecule has 0 amide bonds. The zero-order chi connectivity index (χ0) is 6.95. The molecule has 3 nitrogen and oxygen atoms in total. The quantitative estimate of drug-likeness (QED) is 0.227. The van der Waals surface area contributed by atoms with Crippen LogP contribution in [0.15, 0.2) is 0 Å². The summed E-state index contributed by atoms with van der Waals surface area (Å²) in [5.74, 6) is 0. The molecule has 0 fully saturated rings. The Morgan fingerprint density at radius 3 is 3.00 bits per heavy atom. The smallest absolute Gasteiger partial charge is 0.153 e. The van der Waals surface area contributed by atoms with Crippen molar-refractivity contribution < 1.29 is 15.1 Å². The number of nitrogens with two attached hydrogens (primary N) is 1. The summed E-state index contributed by atoms with van der Waals surface area (Å²) in [5.41, 5.74) is 0. The first kappa shape index (κ1) is 8.28. The van der Waals surface area contributed by atoms with Gasteiger partial charge in [-0.05, 0) is 0 Å². The molecule has 52 valence electrons. The van der Waals surface area contributed by atoms with Crippen molar-refractivity contribution in [3.63, 3.8) is 0 Å². The van der Waals surface area contributed by atoms with Crippen LogP contribution in [0.5, 0.6) is 0 Å². The van der Waals surface area contributed by atoms with Crippen molar-refractivity contribution >= 4 is 0 Å². The van der Waals surface area contributed by atoms with Gasteiger partial charge in [-0.1, -0.05) is 6.42 Å². The predicted octanol–water partition coefficient (Wildman–Crippen LogP) is -0.891. The molecule has 0 spiro atoms. The highest BCUT2D eigenvalue weighted by molar-refractivity contribution is 4.64. The van der Waals surface area contributed by atoms with Crippen LogP contribution in [-0.4, -0.2) is 20.2 Å². The minimum atomic E-state index is 0.564. The lowest BCUT2D eigenvalue weighted by Crippen LogP contribution is -2.79. The lowest BCUT2D eigenvalue weighted by Gasteiger charge is -1.95. The van der Waals surface area contributed by atoms with Crippen molar-refractivity contribution in [3.05, 3.63) is 0 Å². The van der Waals surface area contributed by atoms with E-state index in [9.17, 15) is 0 Å². The molecule has 0 saturated heterocycles. The van der Waals surface area contributed by atoms with Gasteiger partial charge in [0, 0.05) is 6.42 Å². The molecule has 2 N–H and O–H groups in total. The molecule has 0 bridgehead atoms. The van der Waals surface area contributed by atoms with E-state index >= 15 is 0 Å². The average Bonchev–Trinajstić information content (AvgIpc) is 1.89. The van der Waals surface area contributed by atoms with Crippen LogP contribution in [0.1, 0.15) is 6.42 Å². The van der Waals surface area contributed by atoms with Crippen LogP contribution in [0, 0.1) is 12.5 Å². The number of quaternary nitrogens is 1. The standard InChI is InChI=1S/C6H11NO2/c1-3-8-9-6-4-5-7-2/h1,7H,4-6H2,2H3/p+1. The zero-order valence-electron chi connectivity index (χ0n) is 5.59. The second-order valence-corrected chi connectivity index (χ2v) is 1.57. The van der Waals surface area contributed by atoms with Crippen LogP contribution < -0.4 is 5.32 Å². The molecule has 0 aromatic heterocycles. The van der Waals surface area contributed by atoms with Crippen molar-refractivity contribution in [2.75, 3.05) is 20.2 Å². The number of hydrogen-bond donors (Lipinski definition) is 1. The van der Waals surface area contributed by atoms with E-state index in [-0.39, 0.29) is 0 Å². The zero-order valence-corrected chi connectivity index (χ0v) is 5.59. The van der Waals surface area contributed by atoms with E-state index in [4.69, 9.17) is 6.42 Å². The van der Waals surface area contributed by atoms with Crippen LogP contribution in [0.4, 0.5) is 0 Å². The largest absolute Gasteiger partial charge is 0.349 e. The van der Waals surface area contributed by atoms with E-state index in [1.165, 1.54) is 0 Å². The second kappa shape index (κ2) is 7.28. The van der Waals surface area contributed by atoms with Gasteiger partial charge in [0.1, 0.15) is 6.61 Å². The lowest BCUT2D eigenvalue weighted by atomic mass is 10.5. The van der Waals surface area contributed by atoms with Crippen molar-refractivity contribution in [1.29, 1.82) is 0 Å². The summed E-state index contributed by atoms with van der Waals surface area (Å²) in [5, 5.41) is 2.07. The molecule has 0 atom stereocenters. The van der Waals surface area contributed by atoms with Gasteiger partial charge in [0.15, 0.2) is 6.11 Å². The first-order valence-corrected chi connectivity index (χ1v) is 2.93. The molecule has 0 aliphatic rings. The Kier molecular flexibility index (Phi) is 6.70. The molecular weight excluding hydrogens is 118 g/mol.